The van der Waals surface area contributed by atoms with Gasteiger partial charge in [-0.3, -0.25) is 14.4 Å². The highest BCUT2D eigenvalue weighted by Crippen LogP contribution is 2.28. The Balaban J connectivity index is 1.92. The molecule has 2 aromatic rings. The van der Waals surface area contributed by atoms with Gasteiger partial charge in [-0.1, -0.05) is 32.1 Å². The van der Waals surface area contributed by atoms with Crippen molar-refractivity contribution in [2.24, 2.45) is 11.7 Å². The zero-order valence-corrected chi connectivity index (χ0v) is 23.1. The quantitative estimate of drug-likeness (QED) is 0.0841. The molecule has 0 fully saturated rings. The number of unbranched alkanes of at least 4 members (excludes halogenated alkanes) is 2. The number of nitrogens with one attached hydrogen (secondary N) is 3. The molecule has 0 saturated carbocycles. The number of aliphatic carboxylic acids is 1. The lowest BCUT2D eigenvalue weighted by atomic mass is 10.1. The van der Waals surface area contributed by atoms with Crippen LogP contribution in [0, 0.1) is 5.92 Å². The summed E-state index contributed by atoms with van der Waals surface area (Å²) in [5.41, 5.74) is 7.22. The summed E-state index contributed by atoms with van der Waals surface area (Å²) < 4.78 is 10.7. The number of benzene rings is 1. The maximum absolute atomic E-state index is 12.8. The summed E-state index contributed by atoms with van der Waals surface area (Å²) in [6.45, 7) is 4.49. The SMILES string of the molecule is COc1cc(CNC(=O)CCCC/C=C/C(C)C)ccc1OC(=O)[C@H](CC(=O)O)NC(=O)[C@@H](N)Cc1cnc[nH]1. The number of H-pyrrole nitrogens is 1. The van der Waals surface area contributed by atoms with E-state index in [1.165, 1.54) is 25.7 Å². The van der Waals surface area contributed by atoms with E-state index in [1.807, 2.05) is 0 Å². The van der Waals surface area contributed by atoms with Gasteiger partial charge in [0.15, 0.2) is 11.5 Å². The smallest absolute Gasteiger partial charge is 0.334 e. The fourth-order valence-corrected chi connectivity index (χ4v) is 3.66. The van der Waals surface area contributed by atoms with Gasteiger partial charge in [-0.25, -0.2) is 9.78 Å². The second kappa shape index (κ2) is 16.7. The molecule has 1 heterocycles. The van der Waals surface area contributed by atoms with Gasteiger partial charge < -0.3 is 35.9 Å². The first kappa shape index (κ1) is 32.0. The third kappa shape index (κ3) is 11.7. The molecule has 0 saturated heterocycles. The molecule has 1 aromatic carbocycles. The Labute approximate surface area is 233 Å². The molecular formula is C28H39N5O7. The number of rotatable bonds is 17. The van der Waals surface area contributed by atoms with Gasteiger partial charge in [0.1, 0.15) is 6.04 Å². The summed E-state index contributed by atoms with van der Waals surface area (Å²) in [6.07, 6.45) is 9.72. The second-order valence-corrected chi connectivity index (χ2v) is 9.65. The average Bonchev–Trinajstić information content (AvgIpc) is 3.42. The Morgan fingerprint density at radius 1 is 1.18 bits per heavy atom. The molecule has 0 aliphatic heterocycles. The van der Waals surface area contributed by atoms with E-state index >= 15 is 0 Å². The van der Waals surface area contributed by atoms with Gasteiger partial charge in [-0.05, 0) is 42.9 Å². The molecule has 2 atom stereocenters. The van der Waals surface area contributed by atoms with Crippen LogP contribution in [0.3, 0.4) is 0 Å². The van der Waals surface area contributed by atoms with Crippen molar-refractivity contribution in [2.45, 2.75) is 71.0 Å². The summed E-state index contributed by atoms with van der Waals surface area (Å²) in [5, 5.41) is 14.5. The lowest BCUT2D eigenvalue weighted by Crippen LogP contribution is -2.51. The summed E-state index contributed by atoms with van der Waals surface area (Å²) in [5.74, 6) is -2.34. The molecule has 2 amide bonds. The van der Waals surface area contributed by atoms with Gasteiger partial charge in [-0.2, -0.15) is 0 Å². The molecule has 0 unspecified atom stereocenters. The number of imidazole rings is 1. The van der Waals surface area contributed by atoms with Crippen molar-refractivity contribution >= 4 is 23.8 Å². The number of carboxylic acid groups (broad SMARTS) is 1. The lowest BCUT2D eigenvalue weighted by molar-refractivity contribution is -0.145. The number of amides is 2. The van der Waals surface area contributed by atoms with Crippen molar-refractivity contribution in [3.05, 3.63) is 54.1 Å². The third-order valence-electron chi connectivity index (χ3n) is 5.79. The number of carbonyl (C=O) groups excluding carboxylic acids is 3. The fraction of sp³-hybridized carbons (Fsp3) is 0.464. The Bertz CT molecular complexity index is 1150. The molecule has 40 heavy (non-hydrogen) atoms. The zero-order valence-electron chi connectivity index (χ0n) is 23.1. The molecule has 2 rings (SSSR count). The number of allylic oxidation sites excluding steroid dienone is 2. The number of methoxy groups -OCH3 is 1. The van der Waals surface area contributed by atoms with E-state index in [0.717, 1.165) is 19.3 Å². The highest BCUT2D eigenvalue weighted by atomic mass is 16.6. The van der Waals surface area contributed by atoms with Gasteiger partial charge in [0.05, 0.1) is 25.9 Å². The number of nitrogens with two attached hydrogens (primary N) is 1. The molecule has 12 heteroatoms. The highest BCUT2D eigenvalue weighted by molar-refractivity contribution is 5.90. The van der Waals surface area contributed by atoms with Crippen LogP contribution in [0.1, 0.15) is 57.2 Å². The van der Waals surface area contributed by atoms with E-state index in [9.17, 15) is 24.3 Å². The number of esters is 1. The predicted octanol–water partition coefficient (Wildman–Crippen LogP) is 2.24. The molecule has 0 aliphatic carbocycles. The number of hydrogen-bond acceptors (Lipinski definition) is 8. The average molecular weight is 558 g/mol. The summed E-state index contributed by atoms with van der Waals surface area (Å²) >= 11 is 0. The van der Waals surface area contributed by atoms with Crippen LogP contribution in [-0.2, 0) is 32.1 Å². The molecule has 6 N–H and O–H groups in total. The van der Waals surface area contributed by atoms with Crippen LogP contribution in [0.2, 0.25) is 0 Å². The van der Waals surface area contributed by atoms with Gasteiger partial charge in [0.25, 0.3) is 0 Å². The topological polar surface area (TPSA) is 186 Å². The molecule has 0 spiro atoms. The van der Waals surface area contributed by atoms with Crippen molar-refractivity contribution in [1.82, 2.24) is 20.6 Å². The van der Waals surface area contributed by atoms with Gasteiger partial charge >= 0.3 is 11.9 Å². The Kier molecular flexibility index (Phi) is 13.4. The number of carboxylic acids is 1. The summed E-state index contributed by atoms with van der Waals surface area (Å²) in [6, 6.07) is 2.19. The summed E-state index contributed by atoms with van der Waals surface area (Å²) in [4.78, 5) is 55.5. The number of carbonyl (C=O) groups is 4. The van der Waals surface area contributed by atoms with Gasteiger partial charge in [0.2, 0.25) is 11.8 Å². The van der Waals surface area contributed by atoms with E-state index in [4.69, 9.17) is 15.2 Å². The van der Waals surface area contributed by atoms with Crippen LogP contribution in [0.15, 0.2) is 42.9 Å². The number of aromatic amines is 1. The molecule has 0 aliphatic rings. The monoisotopic (exact) mass is 557 g/mol. The maximum Gasteiger partial charge on any atom is 0.334 e. The molecule has 12 nitrogen and oxygen atoms in total. The number of ether oxygens (including phenoxy) is 2. The Hall–Kier alpha value is -4.19. The number of hydrogen-bond donors (Lipinski definition) is 5. The van der Waals surface area contributed by atoms with E-state index in [0.29, 0.717) is 23.6 Å². The molecule has 0 radical (unpaired) electrons. The van der Waals surface area contributed by atoms with Crippen molar-refractivity contribution in [3.8, 4) is 11.5 Å². The van der Waals surface area contributed by atoms with E-state index < -0.39 is 36.4 Å². The first-order valence-electron chi connectivity index (χ1n) is 13.2. The predicted molar refractivity (Wildman–Crippen MR) is 147 cm³/mol. The van der Waals surface area contributed by atoms with Crippen molar-refractivity contribution in [1.29, 1.82) is 0 Å². The van der Waals surface area contributed by atoms with Crippen LogP contribution < -0.4 is 25.8 Å². The molecule has 1 aromatic heterocycles. The second-order valence-electron chi connectivity index (χ2n) is 9.65. The molecular weight excluding hydrogens is 518 g/mol. The first-order chi connectivity index (χ1) is 19.1. The van der Waals surface area contributed by atoms with Crippen molar-refractivity contribution < 1.29 is 33.8 Å². The minimum atomic E-state index is -1.48. The van der Waals surface area contributed by atoms with E-state index in [-0.39, 0.29) is 30.4 Å². The minimum absolute atomic E-state index is 0.0309. The standard InChI is InChI=1S/C28H39N5O7/c1-18(2)8-6-4-5-7-9-25(34)31-15-19-10-11-23(24(12-19)39-3)40-28(38)22(14-26(35)36)33-27(37)21(29)13-20-16-30-17-32-20/h6,8,10-12,16-18,21-22H,4-5,7,9,13-15,29H2,1-3H3,(H,30,32)(H,31,34)(H,33,37)(H,35,36)/b8-6+/t21-,22-/m0/s1. The van der Waals surface area contributed by atoms with Crippen molar-refractivity contribution in [2.75, 3.05) is 7.11 Å². The van der Waals surface area contributed by atoms with Crippen LogP contribution in [0.25, 0.3) is 0 Å². The van der Waals surface area contributed by atoms with Gasteiger partial charge in [0, 0.05) is 31.3 Å². The fourth-order valence-electron chi connectivity index (χ4n) is 3.66. The van der Waals surface area contributed by atoms with Gasteiger partial charge in [-0.15, -0.1) is 0 Å². The summed E-state index contributed by atoms with van der Waals surface area (Å²) in [7, 11) is 1.38. The minimum Gasteiger partial charge on any atom is -0.493 e. The largest absolute Gasteiger partial charge is 0.493 e. The van der Waals surface area contributed by atoms with Crippen molar-refractivity contribution in [3.63, 3.8) is 0 Å². The normalized spacial score (nSPS) is 12.6. The lowest BCUT2D eigenvalue weighted by Gasteiger charge is -2.19. The van der Waals surface area contributed by atoms with E-state index in [2.05, 4.69) is 46.6 Å². The van der Waals surface area contributed by atoms with Crippen LogP contribution in [0.4, 0.5) is 0 Å². The maximum atomic E-state index is 12.8. The zero-order chi connectivity index (χ0) is 29.5. The number of aromatic nitrogens is 2. The first-order valence-corrected chi connectivity index (χ1v) is 13.2. The Morgan fingerprint density at radius 2 is 1.95 bits per heavy atom. The highest BCUT2D eigenvalue weighted by Gasteiger charge is 2.29. The van der Waals surface area contributed by atoms with Crippen LogP contribution >= 0.6 is 0 Å². The third-order valence-corrected chi connectivity index (χ3v) is 5.79. The van der Waals surface area contributed by atoms with Crippen LogP contribution in [-0.4, -0.2) is 58.0 Å². The molecule has 218 valence electrons. The van der Waals surface area contributed by atoms with Crippen LogP contribution in [0.5, 0.6) is 11.5 Å². The molecule has 0 bridgehead atoms. The number of nitrogens with zero attached hydrogens (tertiary/aromatic N) is 1. The Morgan fingerprint density at radius 3 is 2.60 bits per heavy atom. The van der Waals surface area contributed by atoms with E-state index in [1.54, 1.807) is 12.1 Å².